The molecule has 3 unspecified atom stereocenters. The molecule has 2 heteroatoms. The van der Waals surface area contributed by atoms with E-state index in [1.54, 1.807) is 0 Å². The third-order valence-corrected chi connectivity index (χ3v) is 4.31. The molecule has 3 atom stereocenters. The summed E-state index contributed by atoms with van der Waals surface area (Å²) in [5.74, 6) is 0.852. The van der Waals surface area contributed by atoms with E-state index in [-0.39, 0.29) is 0 Å². The molecule has 0 aromatic heterocycles. The molecule has 0 spiro atoms. The summed E-state index contributed by atoms with van der Waals surface area (Å²) in [4.78, 5) is 2.73. The molecule has 0 bridgehead atoms. The van der Waals surface area contributed by atoms with Crippen molar-refractivity contribution in [2.24, 2.45) is 5.92 Å². The van der Waals surface area contributed by atoms with Gasteiger partial charge in [0.2, 0.25) is 0 Å². The number of hydrogen-bond donors (Lipinski definition) is 1. The van der Waals surface area contributed by atoms with Crippen LogP contribution in [0.3, 0.4) is 0 Å². The maximum Gasteiger partial charge on any atom is 0.0195 e. The van der Waals surface area contributed by atoms with E-state index in [1.807, 2.05) is 0 Å². The molecule has 1 heterocycles. The summed E-state index contributed by atoms with van der Waals surface area (Å²) in [5.41, 5.74) is 0. The zero-order chi connectivity index (χ0) is 13.5. The lowest BCUT2D eigenvalue weighted by Crippen LogP contribution is -2.57. The highest BCUT2D eigenvalue weighted by molar-refractivity contribution is 4.86. The molecule has 0 aliphatic carbocycles. The van der Waals surface area contributed by atoms with E-state index in [4.69, 9.17) is 0 Å². The normalized spacial score (nSPS) is 27.7. The quantitative estimate of drug-likeness (QED) is 0.746. The van der Waals surface area contributed by atoms with Crippen LogP contribution in [0.4, 0.5) is 0 Å². The molecule has 1 aliphatic heterocycles. The van der Waals surface area contributed by atoms with E-state index in [1.165, 1.54) is 45.2 Å². The number of nitrogens with one attached hydrogen (secondary N) is 1. The van der Waals surface area contributed by atoms with E-state index in [9.17, 15) is 0 Å². The van der Waals surface area contributed by atoms with Crippen LogP contribution < -0.4 is 5.32 Å². The molecule has 0 amide bonds. The molecular weight excluding hydrogens is 220 g/mol. The van der Waals surface area contributed by atoms with Crippen LogP contribution in [0, 0.1) is 5.92 Å². The highest BCUT2D eigenvalue weighted by atomic mass is 15.2. The van der Waals surface area contributed by atoms with Crippen LogP contribution in [-0.2, 0) is 0 Å². The second-order valence-corrected chi connectivity index (χ2v) is 6.61. The molecule has 0 aromatic rings. The van der Waals surface area contributed by atoms with E-state index in [0.29, 0.717) is 6.04 Å². The van der Waals surface area contributed by atoms with Crippen molar-refractivity contribution in [2.75, 3.05) is 13.1 Å². The van der Waals surface area contributed by atoms with Crippen molar-refractivity contribution in [3.63, 3.8) is 0 Å². The fourth-order valence-electron chi connectivity index (χ4n) is 3.10. The Bertz CT molecular complexity index is 215. The molecule has 0 radical (unpaired) electrons. The minimum atomic E-state index is 0.701. The van der Waals surface area contributed by atoms with Crippen LogP contribution in [-0.4, -0.2) is 36.1 Å². The van der Waals surface area contributed by atoms with Crippen molar-refractivity contribution in [2.45, 2.75) is 84.8 Å². The molecule has 2 nitrogen and oxygen atoms in total. The van der Waals surface area contributed by atoms with Gasteiger partial charge in [-0.25, -0.2) is 0 Å². The van der Waals surface area contributed by atoms with E-state index in [0.717, 1.165) is 18.0 Å². The zero-order valence-electron chi connectivity index (χ0n) is 13.2. The Kier molecular flexibility index (Phi) is 7.25. The minimum Gasteiger partial charge on any atom is -0.311 e. The van der Waals surface area contributed by atoms with Crippen molar-refractivity contribution in [3.8, 4) is 0 Å². The fourth-order valence-corrected chi connectivity index (χ4v) is 3.10. The Morgan fingerprint density at radius 3 is 2.56 bits per heavy atom. The van der Waals surface area contributed by atoms with E-state index >= 15 is 0 Å². The summed E-state index contributed by atoms with van der Waals surface area (Å²) in [5, 5.41) is 3.69. The van der Waals surface area contributed by atoms with Crippen molar-refractivity contribution >= 4 is 0 Å². The Balaban J connectivity index is 2.36. The number of piperazine rings is 1. The SMILES string of the molecule is CCCC1CN(C(C)CCCC(C)C)C(C)CN1. The monoisotopic (exact) mass is 254 g/mol. The lowest BCUT2D eigenvalue weighted by atomic mass is 9.99. The van der Waals surface area contributed by atoms with Crippen LogP contribution in [0.25, 0.3) is 0 Å². The van der Waals surface area contributed by atoms with Crippen LogP contribution >= 0.6 is 0 Å². The highest BCUT2D eigenvalue weighted by Crippen LogP contribution is 2.18. The molecule has 1 aliphatic rings. The first-order valence-electron chi connectivity index (χ1n) is 8.03. The predicted octanol–water partition coefficient (Wildman–Crippen LogP) is 3.66. The molecule has 1 N–H and O–H groups in total. The third kappa shape index (κ3) is 5.27. The van der Waals surface area contributed by atoms with Crippen molar-refractivity contribution in [1.29, 1.82) is 0 Å². The van der Waals surface area contributed by atoms with Crippen LogP contribution in [0.5, 0.6) is 0 Å². The second-order valence-electron chi connectivity index (χ2n) is 6.61. The summed E-state index contributed by atoms with van der Waals surface area (Å²) in [6.45, 7) is 14.1. The number of rotatable bonds is 7. The standard InChI is InChI=1S/C16H34N2/c1-6-8-16-12-18(15(5)11-17-16)14(4)10-7-9-13(2)3/h13-17H,6-12H2,1-5H3. The summed E-state index contributed by atoms with van der Waals surface area (Å²) < 4.78 is 0. The lowest BCUT2D eigenvalue weighted by Gasteiger charge is -2.42. The minimum absolute atomic E-state index is 0.701. The molecule has 108 valence electrons. The summed E-state index contributed by atoms with van der Waals surface area (Å²) in [7, 11) is 0. The average molecular weight is 254 g/mol. The average Bonchev–Trinajstić information content (AvgIpc) is 2.31. The van der Waals surface area contributed by atoms with Gasteiger partial charge in [-0.1, -0.05) is 40.0 Å². The Morgan fingerprint density at radius 2 is 1.94 bits per heavy atom. The van der Waals surface area contributed by atoms with E-state index in [2.05, 4.69) is 44.8 Å². The van der Waals surface area contributed by atoms with E-state index < -0.39 is 0 Å². The van der Waals surface area contributed by atoms with Gasteiger partial charge in [-0.3, -0.25) is 4.90 Å². The first-order valence-corrected chi connectivity index (χ1v) is 8.03. The first kappa shape index (κ1) is 16.0. The Morgan fingerprint density at radius 1 is 1.22 bits per heavy atom. The van der Waals surface area contributed by atoms with Crippen molar-refractivity contribution in [3.05, 3.63) is 0 Å². The topological polar surface area (TPSA) is 15.3 Å². The predicted molar refractivity (Wildman–Crippen MR) is 81.0 cm³/mol. The number of hydrogen-bond acceptors (Lipinski definition) is 2. The smallest absolute Gasteiger partial charge is 0.0195 e. The van der Waals surface area contributed by atoms with Crippen LogP contribution in [0.1, 0.15) is 66.7 Å². The van der Waals surface area contributed by atoms with Crippen molar-refractivity contribution < 1.29 is 0 Å². The van der Waals surface area contributed by atoms with Gasteiger partial charge >= 0.3 is 0 Å². The molecular formula is C16H34N2. The zero-order valence-corrected chi connectivity index (χ0v) is 13.2. The molecule has 1 saturated heterocycles. The largest absolute Gasteiger partial charge is 0.311 e. The summed E-state index contributed by atoms with van der Waals surface area (Å²) in [6, 6.07) is 2.17. The molecule has 18 heavy (non-hydrogen) atoms. The number of nitrogens with zero attached hydrogens (tertiary/aromatic N) is 1. The third-order valence-electron chi connectivity index (χ3n) is 4.31. The summed E-state index contributed by atoms with van der Waals surface area (Å²) >= 11 is 0. The second kappa shape index (κ2) is 8.16. The van der Waals surface area contributed by atoms with Crippen molar-refractivity contribution in [1.82, 2.24) is 10.2 Å². The molecule has 1 rings (SSSR count). The summed E-state index contributed by atoms with van der Waals surface area (Å²) in [6.07, 6.45) is 6.74. The maximum absolute atomic E-state index is 3.69. The van der Waals surface area contributed by atoms with Gasteiger partial charge in [0.15, 0.2) is 0 Å². The van der Waals surface area contributed by atoms with Crippen LogP contribution in [0.15, 0.2) is 0 Å². The van der Waals surface area contributed by atoms with Gasteiger partial charge in [-0.2, -0.15) is 0 Å². The Labute approximate surface area is 115 Å². The molecule has 0 aromatic carbocycles. The van der Waals surface area contributed by atoms with Gasteiger partial charge in [0.25, 0.3) is 0 Å². The van der Waals surface area contributed by atoms with Gasteiger partial charge in [-0.05, 0) is 32.6 Å². The van der Waals surface area contributed by atoms with Gasteiger partial charge in [-0.15, -0.1) is 0 Å². The lowest BCUT2D eigenvalue weighted by molar-refractivity contribution is 0.0898. The van der Waals surface area contributed by atoms with Gasteiger partial charge in [0.05, 0.1) is 0 Å². The highest BCUT2D eigenvalue weighted by Gasteiger charge is 2.27. The van der Waals surface area contributed by atoms with Gasteiger partial charge in [0.1, 0.15) is 0 Å². The van der Waals surface area contributed by atoms with Gasteiger partial charge < -0.3 is 5.32 Å². The van der Waals surface area contributed by atoms with Gasteiger partial charge in [0, 0.05) is 31.2 Å². The van der Waals surface area contributed by atoms with Crippen LogP contribution in [0.2, 0.25) is 0 Å². The maximum atomic E-state index is 3.69. The molecule has 0 saturated carbocycles. The fraction of sp³-hybridized carbons (Fsp3) is 1.00. The first-order chi connectivity index (χ1) is 8.54. The Hall–Kier alpha value is -0.0800. The molecule has 1 fully saturated rings.